The molecule has 1 aromatic carbocycles. The van der Waals surface area contributed by atoms with Crippen LogP contribution in [0.25, 0.3) is 10.6 Å². The molecular weight excluding hydrogens is 290 g/mol. The van der Waals surface area contributed by atoms with E-state index in [0.29, 0.717) is 15.6 Å². The zero-order valence-corrected chi connectivity index (χ0v) is 12.8. The Morgan fingerprint density at radius 3 is 2.62 bits per heavy atom. The van der Waals surface area contributed by atoms with E-state index >= 15 is 0 Å². The molecule has 0 amide bonds. The number of aromatic nitrogens is 1. The maximum atomic E-state index is 11.9. The highest BCUT2D eigenvalue weighted by Gasteiger charge is 2.23. The Bertz CT molecular complexity index is 678. The molecule has 1 aromatic heterocycles. The van der Waals surface area contributed by atoms with Crippen molar-refractivity contribution in [3.63, 3.8) is 0 Å². The van der Waals surface area contributed by atoms with Crippen LogP contribution in [0.1, 0.15) is 34.0 Å². The van der Waals surface area contributed by atoms with Crippen molar-refractivity contribution in [3.8, 4) is 16.3 Å². The van der Waals surface area contributed by atoms with Gasteiger partial charge in [-0.05, 0) is 19.1 Å². The predicted molar refractivity (Wildman–Crippen MR) is 80.1 cm³/mol. The highest BCUT2D eigenvalue weighted by atomic mass is 32.1. The van der Waals surface area contributed by atoms with Crippen LogP contribution in [0.5, 0.6) is 5.75 Å². The van der Waals surface area contributed by atoms with E-state index in [1.54, 1.807) is 20.1 Å². The Morgan fingerprint density at radius 2 is 2.00 bits per heavy atom. The van der Waals surface area contributed by atoms with Gasteiger partial charge in [0.2, 0.25) is 0 Å². The van der Waals surface area contributed by atoms with Gasteiger partial charge in [-0.3, -0.25) is 4.79 Å². The van der Waals surface area contributed by atoms with Crippen LogP contribution >= 0.6 is 11.3 Å². The van der Waals surface area contributed by atoms with Crippen LogP contribution in [0.4, 0.5) is 0 Å². The third-order valence-electron chi connectivity index (χ3n) is 2.75. The van der Waals surface area contributed by atoms with Crippen molar-refractivity contribution in [3.05, 3.63) is 34.8 Å². The molecule has 0 N–H and O–H groups in total. The van der Waals surface area contributed by atoms with E-state index in [9.17, 15) is 9.59 Å². The fraction of sp³-hybridized carbons (Fsp3) is 0.267. The van der Waals surface area contributed by atoms with Gasteiger partial charge in [0, 0.05) is 6.92 Å². The standard InChI is InChI=1S/C15H15NO4S/c1-4-20-15(18)12-13(9(2)17)21-14(16-12)10-7-5-6-8-11(10)19-3/h5-8H,4H2,1-3H3. The largest absolute Gasteiger partial charge is 0.496 e. The summed E-state index contributed by atoms with van der Waals surface area (Å²) in [5, 5.41) is 0.556. The lowest BCUT2D eigenvalue weighted by atomic mass is 10.2. The first-order valence-electron chi connectivity index (χ1n) is 6.40. The number of thiazole rings is 1. The second-order valence-electron chi connectivity index (χ2n) is 4.17. The van der Waals surface area contributed by atoms with Crippen molar-refractivity contribution in [1.29, 1.82) is 0 Å². The van der Waals surface area contributed by atoms with Crippen molar-refractivity contribution in [2.75, 3.05) is 13.7 Å². The first kappa shape index (κ1) is 15.2. The van der Waals surface area contributed by atoms with Crippen LogP contribution in [-0.4, -0.2) is 30.5 Å². The van der Waals surface area contributed by atoms with E-state index in [1.807, 2.05) is 18.2 Å². The molecule has 0 unspecified atom stereocenters. The average molecular weight is 305 g/mol. The Balaban J connectivity index is 2.54. The molecular formula is C15H15NO4S. The molecule has 0 aliphatic carbocycles. The SMILES string of the molecule is CCOC(=O)c1nc(-c2ccccc2OC)sc1C(C)=O. The molecule has 0 aliphatic heterocycles. The lowest BCUT2D eigenvalue weighted by Crippen LogP contribution is -2.09. The second kappa shape index (κ2) is 6.49. The van der Waals surface area contributed by atoms with E-state index in [1.165, 1.54) is 6.92 Å². The van der Waals surface area contributed by atoms with Gasteiger partial charge in [0.05, 0.1) is 19.3 Å². The molecule has 110 valence electrons. The number of rotatable bonds is 5. The van der Waals surface area contributed by atoms with Crippen molar-refractivity contribution < 1.29 is 19.1 Å². The molecule has 0 atom stereocenters. The summed E-state index contributed by atoms with van der Waals surface area (Å²) in [5.74, 6) is -0.159. The number of para-hydroxylation sites is 1. The van der Waals surface area contributed by atoms with E-state index in [2.05, 4.69) is 4.98 Å². The fourth-order valence-corrected chi connectivity index (χ4v) is 2.81. The molecule has 1 heterocycles. The lowest BCUT2D eigenvalue weighted by molar-refractivity contribution is 0.0517. The molecule has 21 heavy (non-hydrogen) atoms. The van der Waals surface area contributed by atoms with Crippen molar-refractivity contribution in [2.24, 2.45) is 0 Å². The maximum absolute atomic E-state index is 11.9. The fourth-order valence-electron chi connectivity index (χ4n) is 1.83. The average Bonchev–Trinajstić information content (AvgIpc) is 2.92. The molecule has 0 radical (unpaired) electrons. The summed E-state index contributed by atoms with van der Waals surface area (Å²) < 4.78 is 10.2. The van der Waals surface area contributed by atoms with E-state index in [4.69, 9.17) is 9.47 Å². The van der Waals surface area contributed by atoms with Gasteiger partial charge < -0.3 is 9.47 Å². The number of benzene rings is 1. The Labute approximate surface area is 126 Å². The molecule has 0 bridgehead atoms. The van der Waals surface area contributed by atoms with Crippen molar-refractivity contribution >= 4 is 23.1 Å². The molecule has 6 heteroatoms. The number of hydrogen-bond donors (Lipinski definition) is 0. The van der Waals surface area contributed by atoms with Gasteiger partial charge in [-0.2, -0.15) is 0 Å². The number of esters is 1. The smallest absolute Gasteiger partial charge is 0.358 e. The summed E-state index contributed by atoms with van der Waals surface area (Å²) in [6.45, 7) is 3.35. The van der Waals surface area contributed by atoms with Gasteiger partial charge in [-0.15, -0.1) is 11.3 Å². The minimum Gasteiger partial charge on any atom is -0.496 e. The molecule has 0 aliphatic rings. The highest BCUT2D eigenvalue weighted by molar-refractivity contribution is 7.17. The number of ether oxygens (including phenoxy) is 2. The monoisotopic (exact) mass is 305 g/mol. The zero-order valence-electron chi connectivity index (χ0n) is 12.0. The third kappa shape index (κ3) is 3.11. The quantitative estimate of drug-likeness (QED) is 0.627. The predicted octanol–water partition coefficient (Wildman–Crippen LogP) is 3.20. The number of ketones is 1. The summed E-state index contributed by atoms with van der Waals surface area (Å²) in [6.07, 6.45) is 0. The molecule has 0 saturated heterocycles. The minimum absolute atomic E-state index is 0.0651. The molecule has 0 saturated carbocycles. The minimum atomic E-state index is -0.583. The van der Waals surface area contributed by atoms with E-state index in [0.717, 1.165) is 16.9 Å². The van der Waals surface area contributed by atoms with Crippen LogP contribution in [-0.2, 0) is 4.74 Å². The number of hydrogen-bond acceptors (Lipinski definition) is 6. The summed E-state index contributed by atoms with van der Waals surface area (Å²) in [7, 11) is 1.56. The van der Waals surface area contributed by atoms with E-state index < -0.39 is 5.97 Å². The topological polar surface area (TPSA) is 65.5 Å². The summed E-state index contributed by atoms with van der Waals surface area (Å²) >= 11 is 1.16. The van der Waals surface area contributed by atoms with Gasteiger partial charge in [-0.25, -0.2) is 9.78 Å². The van der Waals surface area contributed by atoms with Gasteiger partial charge in [0.15, 0.2) is 11.5 Å². The molecule has 2 aromatic rings. The van der Waals surface area contributed by atoms with Crippen molar-refractivity contribution in [2.45, 2.75) is 13.8 Å². The maximum Gasteiger partial charge on any atom is 0.358 e. The summed E-state index contributed by atoms with van der Waals surface area (Å²) in [6, 6.07) is 7.32. The Morgan fingerprint density at radius 1 is 1.29 bits per heavy atom. The third-order valence-corrected chi connectivity index (χ3v) is 3.94. The van der Waals surface area contributed by atoms with Gasteiger partial charge in [-0.1, -0.05) is 12.1 Å². The highest BCUT2D eigenvalue weighted by Crippen LogP contribution is 2.34. The van der Waals surface area contributed by atoms with Crippen LogP contribution < -0.4 is 4.74 Å². The van der Waals surface area contributed by atoms with Gasteiger partial charge in [0.1, 0.15) is 15.6 Å². The summed E-state index contributed by atoms with van der Waals surface area (Å²) in [5.41, 5.74) is 0.804. The van der Waals surface area contributed by atoms with Gasteiger partial charge in [0.25, 0.3) is 0 Å². The van der Waals surface area contributed by atoms with Gasteiger partial charge >= 0.3 is 5.97 Å². The lowest BCUT2D eigenvalue weighted by Gasteiger charge is -2.04. The van der Waals surface area contributed by atoms with Crippen LogP contribution in [0, 0.1) is 0 Å². The van der Waals surface area contributed by atoms with Crippen LogP contribution in [0.3, 0.4) is 0 Å². The van der Waals surface area contributed by atoms with E-state index in [-0.39, 0.29) is 18.1 Å². The number of carbonyl (C=O) groups excluding carboxylic acids is 2. The number of nitrogens with zero attached hydrogens (tertiary/aromatic N) is 1. The number of Topliss-reactive ketones (excluding diaryl/α,β-unsaturated/α-hetero) is 1. The van der Waals surface area contributed by atoms with Crippen molar-refractivity contribution in [1.82, 2.24) is 4.98 Å². The molecule has 0 spiro atoms. The Hall–Kier alpha value is -2.21. The van der Waals surface area contributed by atoms with Crippen LogP contribution in [0.2, 0.25) is 0 Å². The Kier molecular flexibility index (Phi) is 4.70. The first-order valence-corrected chi connectivity index (χ1v) is 7.22. The molecule has 0 fully saturated rings. The summed E-state index contributed by atoms with van der Waals surface area (Å²) in [4.78, 5) is 28.2. The zero-order chi connectivity index (χ0) is 15.4. The normalized spacial score (nSPS) is 10.2. The first-order chi connectivity index (χ1) is 10.1. The second-order valence-corrected chi connectivity index (χ2v) is 5.17. The molecule has 5 nitrogen and oxygen atoms in total. The molecule has 2 rings (SSSR count). The van der Waals surface area contributed by atoms with Crippen LogP contribution in [0.15, 0.2) is 24.3 Å². The number of methoxy groups -OCH3 is 1. The number of carbonyl (C=O) groups is 2.